The van der Waals surface area contributed by atoms with Gasteiger partial charge in [0.15, 0.2) is 0 Å². The number of aromatic nitrogens is 1. The van der Waals surface area contributed by atoms with E-state index in [1.54, 1.807) is 31.5 Å². The Kier molecular flexibility index (Phi) is 6.57. The molecule has 1 aliphatic heterocycles. The zero-order valence-electron chi connectivity index (χ0n) is 18.2. The highest BCUT2D eigenvalue weighted by atomic mass is 19.4. The summed E-state index contributed by atoms with van der Waals surface area (Å²) in [5.41, 5.74) is -2.04. The van der Waals surface area contributed by atoms with Crippen LogP contribution in [-0.4, -0.2) is 35.8 Å². The maximum Gasteiger partial charge on any atom is 0.416 e. The SMILES string of the molecule is CNC(=O)C1(C)C=C(C(=O)NCc2cccnc2)C(=O)N(c2cccc(C(F)(F)F)c2)C1C. The molecular formula is C23H23F3N4O3. The third kappa shape index (κ3) is 4.74. The van der Waals surface area contributed by atoms with E-state index in [1.807, 2.05) is 0 Å². The van der Waals surface area contributed by atoms with Crippen LogP contribution in [0.2, 0.25) is 0 Å². The fourth-order valence-corrected chi connectivity index (χ4v) is 3.70. The number of benzene rings is 1. The van der Waals surface area contributed by atoms with Crippen LogP contribution in [0.25, 0.3) is 0 Å². The van der Waals surface area contributed by atoms with Gasteiger partial charge in [-0.2, -0.15) is 13.2 Å². The largest absolute Gasteiger partial charge is 0.416 e. The summed E-state index contributed by atoms with van der Waals surface area (Å²) in [6, 6.07) is 6.78. The first-order valence-corrected chi connectivity index (χ1v) is 10.1. The van der Waals surface area contributed by atoms with Crippen molar-refractivity contribution in [2.24, 2.45) is 5.41 Å². The Bertz CT molecular complexity index is 1100. The first kappa shape index (κ1) is 24.0. The van der Waals surface area contributed by atoms with Crippen LogP contribution < -0.4 is 15.5 Å². The van der Waals surface area contributed by atoms with Crippen molar-refractivity contribution in [3.8, 4) is 0 Å². The normalized spacial score (nSPS) is 20.8. The molecule has 174 valence electrons. The second-order valence-corrected chi connectivity index (χ2v) is 7.86. The molecule has 0 bridgehead atoms. The third-order valence-electron chi connectivity index (χ3n) is 5.74. The van der Waals surface area contributed by atoms with Gasteiger partial charge in [-0.05, 0) is 49.8 Å². The van der Waals surface area contributed by atoms with Crippen molar-refractivity contribution >= 4 is 23.4 Å². The Morgan fingerprint density at radius 1 is 1.21 bits per heavy atom. The average Bonchev–Trinajstić information content (AvgIpc) is 2.80. The number of nitrogens with zero attached hydrogens (tertiary/aromatic N) is 2. The lowest BCUT2D eigenvalue weighted by molar-refractivity contribution is -0.138. The molecule has 2 aromatic rings. The first-order valence-electron chi connectivity index (χ1n) is 10.1. The molecule has 2 atom stereocenters. The Morgan fingerprint density at radius 2 is 1.94 bits per heavy atom. The second-order valence-electron chi connectivity index (χ2n) is 7.86. The molecular weight excluding hydrogens is 437 g/mol. The Hall–Kier alpha value is -3.69. The molecule has 3 rings (SSSR count). The van der Waals surface area contributed by atoms with Crippen LogP contribution in [0.3, 0.4) is 0 Å². The summed E-state index contributed by atoms with van der Waals surface area (Å²) in [5, 5.41) is 5.11. The molecule has 2 N–H and O–H groups in total. The molecule has 0 spiro atoms. The van der Waals surface area contributed by atoms with E-state index in [-0.39, 0.29) is 17.8 Å². The zero-order chi connectivity index (χ0) is 24.4. The molecule has 7 nitrogen and oxygen atoms in total. The average molecular weight is 460 g/mol. The summed E-state index contributed by atoms with van der Waals surface area (Å²) >= 11 is 0. The number of carbonyl (C=O) groups excluding carboxylic acids is 3. The molecule has 1 aromatic carbocycles. The van der Waals surface area contributed by atoms with Crippen LogP contribution in [0.15, 0.2) is 60.4 Å². The van der Waals surface area contributed by atoms with Crippen molar-refractivity contribution < 1.29 is 27.6 Å². The quantitative estimate of drug-likeness (QED) is 0.672. The number of carbonyl (C=O) groups is 3. The van der Waals surface area contributed by atoms with Gasteiger partial charge in [0.2, 0.25) is 5.91 Å². The highest BCUT2D eigenvalue weighted by Gasteiger charge is 2.48. The number of pyridine rings is 1. The summed E-state index contributed by atoms with van der Waals surface area (Å²) in [5.74, 6) is -2.04. The summed E-state index contributed by atoms with van der Waals surface area (Å²) in [7, 11) is 1.40. The molecule has 0 saturated heterocycles. The van der Waals surface area contributed by atoms with Crippen molar-refractivity contribution in [1.29, 1.82) is 0 Å². The van der Waals surface area contributed by atoms with Crippen LogP contribution >= 0.6 is 0 Å². The van der Waals surface area contributed by atoms with Crippen molar-refractivity contribution in [2.45, 2.75) is 32.6 Å². The maximum absolute atomic E-state index is 13.3. The lowest BCUT2D eigenvalue weighted by Crippen LogP contribution is -2.58. The Balaban J connectivity index is 2.02. The Labute approximate surface area is 188 Å². The minimum Gasteiger partial charge on any atom is -0.358 e. The summed E-state index contributed by atoms with van der Waals surface area (Å²) in [4.78, 5) is 44.0. The number of anilines is 1. The minimum atomic E-state index is -4.62. The van der Waals surface area contributed by atoms with Gasteiger partial charge in [-0.25, -0.2) is 0 Å². The summed E-state index contributed by atoms with van der Waals surface area (Å²) in [6.07, 6.45) is -0.228. The van der Waals surface area contributed by atoms with E-state index in [0.717, 1.165) is 17.0 Å². The first-order chi connectivity index (χ1) is 15.5. The van der Waals surface area contributed by atoms with E-state index in [4.69, 9.17) is 0 Å². The maximum atomic E-state index is 13.3. The van der Waals surface area contributed by atoms with Crippen LogP contribution in [0.4, 0.5) is 18.9 Å². The molecule has 0 fully saturated rings. The fraction of sp³-hybridized carbons (Fsp3) is 0.304. The highest BCUT2D eigenvalue weighted by molar-refractivity contribution is 6.25. The van der Waals surface area contributed by atoms with E-state index in [1.165, 1.54) is 32.2 Å². The highest BCUT2D eigenvalue weighted by Crippen LogP contribution is 2.39. The molecule has 33 heavy (non-hydrogen) atoms. The van der Waals surface area contributed by atoms with E-state index >= 15 is 0 Å². The molecule has 0 radical (unpaired) electrons. The number of alkyl halides is 3. The van der Waals surface area contributed by atoms with Gasteiger partial charge < -0.3 is 15.5 Å². The van der Waals surface area contributed by atoms with E-state index < -0.39 is 40.9 Å². The van der Waals surface area contributed by atoms with Crippen molar-refractivity contribution in [3.05, 3.63) is 71.6 Å². The molecule has 3 amide bonds. The van der Waals surface area contributed by atoms with Crippen LogP contribution in [0.5, 0.6) is 0 Å². The topological polar surface area (TPSA) is 91.4 Å². The molecule has 0 saturated carbocycles. The van der Waals surface area contributed by atoms with Crippen LogP contribution in [0.1, 0.15) is 25.0 Å². The minimum absolute atomic E-state index is 0.0666. The molecule has 2 heterocycles. The van der Waals surface area contributed by atoms with Crippen molar-refractivity contribution in [1.82, 2.24) is 15.6 Å². The monoisotopic (exact) mass is 460 g/mol. The van der Waals surface area contributed by atoms with Gasteiger partial charge in [0.05, 0.1) is 17.0 Å². The number of hydrogen-bond donors (Lipinski definition) is 2. The van der Waals surface area contributed by atoms with Gasteiger partial charge in [-0.15, -0.1) is 0 Å². The molecule has 1 aromatic heterocycles. The predicted octanol–water partition coefficient (Wildman–Crippen LogP) is 2.83. The number of rotatable bonds is 5. The lowest BCUT2D eigenvalue weighted by Gasteiger charge is -2.43. The Morgan fingerprint density at radius 3 is 2.55 bits per heavy atom. The smallest absolute Gasteiger partial charge is 0.358 e. The third-order valence-corrected chi connectivity index (χ3v) is 5.74. The summed E-state index contributed by atoms with van der Waals surface area (Å²) < 4.78 is 39.8. The second kappa shape index (κ2) is 9.05. The van der Waals surface area contributed by atoms with Crippen molar-refractivity contribution in [2.75, 3.05) is 11.9 Å². The van der Waals surface area contributed by atoms with Gasteiger partial charge >= 0.3 is 6.18 Å². The fourth-order valence-electron chi connectivity index (χ4n) is 3.70. The number of nitrogens with one attached hydrogen (secondary N) is 2. The van der Waals surface area contributed by atoms with Gasteiger partial charge in [-0.3, -0.25) is 19.4 Å². The van der Waals surface area contributed by atoms with Crippen LogP contribution in [0, 0.1) is 5.41 Å². The van der Waals surface area contributed by atoms with E-state index in [2.05, 4.69) is 15.6 Å². The number of halogens is 3. The molecule has 1 aliphatic rings. The van der Waals surface area contributed by atoms with E-state index in [0.29, 0.717) is 5.56 Å². The van der Waals surface area contributed by atoms with Gasteiger partial charge in [0.1, 0.15) is 5.57 Å². The lowest BCUT2D eigenvalue weighted by atomic mass is 9.76. The number of hydrogen-bond acceptors (Lipinski definition) is 4. The van der Waals surface area contributed by atoms with Gasteiger partial charge in [0, 0.05) is 31.7 Å². The van der Waals surface area contributed by atoms with Crippen LogP contribution in [-0.2, 0) is 27.1 Å². The summed E-state index contributed by atoms with van der Waals surface area (Å²) in [6.45, 7) is 3.15. The molecule has 0 aliphatic carbocycles. The molecule has 10 heteroatoms. The van der Waals surface area contributed by atoms with E-state index in [9.17, 15) is 27.6 Å². The van der Waals surface area contributed by atoms with Gasteiger partial charge in [-0.1, -0.05) is 12.1 Å². The van der Waals surface area contributed by atoms with Gasteiger partial charge in [0.25, 0.3) is 11.8 Å². The number of amides is 3. The predicted molar refractivity (Wildman–Crippen MR) is 115 cm³/mol. The zero-order valence-corrected chi connectivity index (χ0v) is 18.2. The standard InChI is InChI=1S/C23H23F3N4O3/c1-14-22(2,21(33)27-3)11-18(19(31)29-13-15-6-5-9-28-12-15)20(32)30(14)17-8-4-7-16(10-17)23(24,25)26/h4-12,14H,13H2,1-3H3,(H,27,33)(H,29,31). The van der Waals surface area contributed by atoms with Crippen molar-refractivity contribution in [3.63, 3.8) is 0 Å². The molecule has 2 unspecified atom stereocenters.